The second-order valence-corrected chi connectivity index (χ2v) is 19.6. The molecular weight excluding hydrogens is 398 g/mol. The van der Waals surface area contributed by atoms with Crippen LogP contribution in [-0.2, 0) is 19.2 Å². The summed E-state index contributed by atoms with van der Waals surface area (Å²) in [4.78, 5) is 9.44. The van der Waals surface area contributed by atoms with Gasteiger partial charge in [-0.25, -0.2) is 8.42 Å². The molecule has 0 rings (SSSR count). The molecule has 0 aliphatic carbocycles. The van der Waals surface area contributed by atoms with E-state index in [0.29, 0.717) is 0 Å². The van der Waals surface area contributed by atoms with Crippen molar-refractivity contribution in [3.05, 3.63) is 20.8 Å². The third-order valence-electron chi connectivity index (χ3n) is 0. The summed E-state index contributed by atoms with van der Waals surface area (Å²) in [6.45, 7) is 23.7. The van der Waals surface area contributed by atoms with Crippen molar-refractivity contribution in [2.45, 2.75) is 49.5 Å². The molecule has 0 saturated heterocycles. The molecule has 176 valence electrons. The molecule has 0 aromatic carbocycles. The van der Waals surface area contributed by atoms with Gasteiger partial charge in [-0.3, -0.25) is 0 Å². The van der Waals surface area contributed by atoms with Crippen molar-refractivity contribution in [2.24, 2.45) is 0 Å². The molecule has 0 N–H and O–H groups in total. The van der Waals surface area contributed by atoms with Gasteiger partial charge >= 0.3 is 0 Å². The van der Waals surface area contributed by atoms with Gasteiger partial charge in [-0.2, -0.15) is 0 Å². The monoisotopic (exact) mass is 454 g/mol. The summed E-state index contributed by atoms with van der Waals surface area (Å²) >= 11 is 0. The van der Waals surface area contributed by atoms with E-state index in [9.17, 15) is 17.8 Å². The minimum atomic E-state index is -2.67. The Labute approximate surface area is 177 Å². The highest BCUT2D eigenvalue weighted by molar-refractivity contribution is 7.89. The predicted octanol–water partition coefficient (Wildman–Crippen LogP) is 6.81. The first-order valence-corrected chi connectivity index (χ1v) is 16.1. The molecule has 0 heterocycles. The molecule has 0 atom stereocenters. The van der Waals surface area contributed by atoms with Gasteiger partial charge in [0.05, 0.1) is 33.8 Å². The Bertz CT molecular complexity index is 375. The third kappa shape index (κ3) is 678000. The molecule has 0 aromatic rings. The van der Waals surface area contributed by atoms with E-state index in [2.05, 4.69) is 47.4 Å². The van der Waals surface area contributed by atoms with Crippen molar-refractivity contribution in [1.82, 2.24) is 0 Å². The van der Waals surface area contributed by atoms with Crippen LogP contribution in [0.2, 0.25) is 0 Å². The van der Waals surface area contributed by atoms with Crippen LogP contribution in [0.1, 0.15) is 49.5 Å². The van der Waals surface area contributed by atoms with Crippen LogP contribution in [0.5, 0.6) is 0 Å². The molecule has 0 radical (unpaired) electrons. The van der Waals surface area contributed by atoms with Gasteiger partial charge in [0.15, 0.2) is 0 Å². The summed E-state index contributed by atoms with van der Waals surface area (Å²) in [7, 11) is -4.69. The Kier molecular flexibility index (Phi) is 59.2. The lowest BCUT2D eigenvalue weighted by molar-refractivity contribution is -0.115. The molecule has 0 fully saturated rings. The summed E-state index contributed by atoms with van der Waals surface area (Å²) in [6, 6.07) is 0. The second kappa shape index (κ2) is 28.4. The molecule has 0 spiro atoms. The maximum absolute atomic E-state index is 10.2. The molecule has 0 saturated carbocycles. The fourth-order valence-electron chi connectivity index (χ4n) is 0. The van der Waals surface area contributed by atoms with Crippen molar-refractivity contribution in [3.8, 4) is 0 Å². The van der Waals surface area contributed by atoms with Gasteiger partial charge in [0.25, 0.3) is 0 Å². The molecule has 4 nitrogen and oxygen atoms in total. The summed E-state index contributed by atoms with van der Waals surface area (Å²) in [5.74, 6) is 1.58. The van der Waals surface area contributed by atoms with Crippen LogP contribution in [0.3, 0.4) is 0 Å². The summed E-state index contributed by atoms with van der Waals surface area (Å²) in [6.07, 6.45) is 2.32. The van der Waals surface area contributed by atoms with Crippen LogP contribution in [0.25, 0.3) is 0 Å². The number of hydrogen-bond donors (Lipinski definition) is 0. The maximum atomic E-state index is 10.2. The van der Waals surface area contributed by atoms with E-state index in [-0.39, 0.29) is 42.8 Å². The number of carbonyl (C=O) groups excluding carboxylic acids is 1. The zero-order chi connectivity index (χ0) is 20.7. The first-order chi connectivity index (χ1) is 9.46. The lowest BCUT2D eigenvalue weighted by atomic mass is 10.3. The predicted molar refractivity (Wildman–Crippen MR) is 140 cm³/mol. The molecule has 0 amide bonds. The number of carbonyl (C=O) groups is 1. The van der Waals surface area contributed by atoms with Crippen LogP contribution in [0.4, 0.5) is 0 Å². The average Bonchev–Trinajstić information content (AvgIpc) is 1.85. The smallest absolute Gasteiger partial charge is 0.144 e. The second-order valence-electron chi connectivity index (χ2n) is 8.12. The number of Topliss-reactive ketones (excluding diaryl/α,β-unsaturated/α-hetero) is 1. The maximum Gasteiger partial charge on any atom is 0.144 e. The lowest BCUT2D eigenvalue weighted by Crippen LogP contribution is -1.86. The highest BCUT2D eigenvalue weighted by atomic mass is 32.2. The first-order valence-electron chi connectivity index (χ1n) is 7.17. The van der Waals surface area contributed by atoms with Gasteiger partial charge in [0.2, 0.25) is 0 Å². The summed E-state index contributed by atoms with van der Waals surface area (Å²) < 4.78 is 29.5. The van der Waals surface area contributed by atoms with Crippen LogP contribution in [0.15, 0.2) is 0 Å². The minimum Gasteiger partial charge on any atom is -0.358 e. The Morgan fingerprint density at radius 2 is 0.815 bits per heavy atom. The van der Waals surface area contributed by atoms with Crippen molar-refractivity contribution in [2.75, 3.05) is 59.2 Å². The first kappa shape index (κ1) is 56.4. The zero-order valence-electron chi connectivity index (χ0n) is 19.9. The molecule has 0 aromatic heterocycles. The number of rotatable bonds is 0. The van der Waals surface area contributed by atoms with E-state index >= 15 is 0 Å². The Balaban J connectivity index is -0.0000000207. The minimum absolute atomic E-state index is 0. The van der Waals surface area contributed by atoms with Crippen LogP contribution in [-0.4, -0.2) is 73.4 Å². The van der Waals surface area contributed by atoms with Gasteiger partial charge in [0.1, 0.15) is 15.6 Å². The van der Waals surface area contributed by atoms with Gasteiger partial charge in [-0.15, -0.1) is 0 Å². The average molecular weight is 455 g/mol. The van der Waals surface area contributed by atoms with Gasteiger partial charge in [-0.05, 0) is 33.8 Å². The van der Waals surface area contributed by atoms with Crippen LogP contribution in [0, 0.1) is 20.8 Å². The fraction of sp³-hybridized carbons (Fsp3) is 0.800. The number of ketones is 1. The fourth-order valence-corrected chi connectivity index (χ4v) is 0. The van der Waals surface area contributed by atoms with Crippen molar-refractivity contribution < 1.29 is 17.8 Å². The Hall–Kier alpha value is 0.150. The molecule has 7 heteroatoms. The zero-order valence-corrected chi connectivity index (χ0v) is 22.5. The molecule has 0 aliphatic heterocycles. The topological polar surface area (TPSA) is 68.3 Å². The third-order valence-corrected chi connectivity index (χ3v) is 0. The lowest BCUT2D eigenvalue weighted by Gasteiger charge is -1.97. The molecule has 0 bridgehead atoms. The molecule has 0 unspecified atom stereocenters. The summed E-state index contributed by atoms with van der Waals surface area (Å²) in [5.41, 5.74) is 0. The van der Waals surface area contributed by atoms with Crippen LogP contribution >= 0.6 is 14.4 Å². The van der Waals surface area contributed by atoms with E-state index in [1.165, 1.54) is 19.8 Å². The van der Waals surface area contributed by atoms with Gasteiger partial charge in [0, 0.05) is 46.4 Å². The standard InChI is InChI=1S/C4H12P.C4H9.C3H9OP.C3H6O.C2H6O2S.2CH4.2CH3/c1-5(2,3)4;1-4(2)3;1-5(2,3)4;1-3(2)4;1-5(2,3)4;;;;/h1-4H3;1-3H3;1-3H3;1-2H3;1-2H3;2*1H4;2*1H3/q2*+1;;;;;;2*-1. The van der Waals surface area contributed by atoms with E-state index in [1.54, 1.807) is 20.0 Å². The molecular formula is C20H56O4P2S. The van der Waals surface area contributed by atoms with Crippen molar-refractivity contribution >= 4 is 30.0 Å². The Morgan fingerprint density at radius 1 is 0.815 bits per heavy atom. The largest absolute Gasteiger partial charge is 0.358 e. The number of sulfone groups is 1. The van der Waals surface area contributed by atoms with Crippen molar-refractivity contribution in [1.29, 1.82) is 0 Å². The normalized spacial score (nSPS) is 8.52. The summed E-state index contributed by atoms with van der Waals surface area (Å²) in [5, 5.41) is 0. The van der Waals surface area contributed by atoms with Crippen molar-refractivity contribution in [3.63, 3.8) is 0 Å². The highest BCUT2D eigenvalue weighted by Gasteiger charge is 2.03. The SMILES string of the molecule is C.C.CC(C)=O.CP(C)(C)=O.CS(C)(=O)=O.C[C+](C)C.C[P+](C)(C)C.[CH3-].[CH3-]. The van der Waals surface area contributed by atoms with Gasteiger partial charge in [-0.1, -0.05) is 14.9 Å². The Morgan fingerprint density at radius 3 is 0.815 bits per heavy atom. The van der Waals surface area contributed by atoms with E-state index < -0.39 is 17.0 Å². The number of hydrogen-bond acceptors (Lipinski definition) is 4. The van der Waals surface area contributed by atoms with E-state index in [4.69, 9.17) is 0 Å². The van der Waals surface area contributed by atoms with E-state index in [1.807, 2.05) is 0 Å². The highest BCUT2D eigenvalue weighted by Crippen LogP contribution is 2.40. The van der Waals surface area contributed by atoms with Crippen LogP contribution < -0.4 is 0 Å². The van der Waals surface area contributed by atoms with E-state index in [0.717, 1.165) is 12.5 Å². The molecule has 27 heavy (non-hydrogen) atoms. The van der Waals surface area contributed by atoms with Gasteiger partial charge < -0.3 is 24.2 Å². The molecule has 0 aliphatic rings. The quantitative estimate of drug-likeness (QED) is 0.298.